The van der Waals surface area contributed by atoms with Gasteiger partial charge in [0, 0.05) is 41.6 Å². The van der Waals surface area contributed by atoms with Crippen LogP contribution in [-0.2, 0) is 7.05 Å². The highest BCUT2D eigenvalue weighted by Gasteiger charge is 2.22. The summed E-state index contributed by atoms with van der Waals surface area (Å²) in [6.45, 7) is 4.10. The summed E-state index contributed by atoms with van der Waals surface area (Å²) < 4.78 is 7.17. The van der Waals surface area contributed by atoms with Crippen LogP contribution in [-0.4, -0.2) is 27.6 Å². The van der Waals surface area contributed by atoms with Gasteiger partial charge in [-0.3, -0.25) is 4.79 Å². The summed E-state index contributed by atoms with van der Waals surface area (Å²) in [5.74, 6) is 1.38. The van der Waals surface area contributed by atoms with Gasteiger partial charge in [-0.1, -0.05) is 12.1 Å². The van der Waals surface area contributed by atoms with Crippen LogP contribution < -0.4 is 10.1 Å². The second kappa shape index (κ2) is 7.47. The highest BCUT2D eigenvalue weighted by Crippen LogP contribution is 2.25. The molecule has 0 saturated carbocycles. The number of carbonyl (C=O) groups is 1. The van der Waals surface area contributed by atoms with Crippen LogP contribution in [0.3, 0.4) is 0 Å². The van der Waals surface area contributed by atoms with Crippen LogP contribution in [0.25, 0.3) is 10.9 Å². The molecular weight excluding hydrogens is 364 g/mol. The van der Waals surface area contributed by atoms with Crippen molar-refractivity contribution in [1.29, 1.82) is 0 Å². The van der Waals surface area contributed by atoms with E-state index in [1.54, 1.807) is 13.3 Å². The molecule has 148 valence electrons. The maximum Gasteiger partial charge on any atom is 0.252 e. The molecule has 4 rings (SSSR count). The van der Waals surface area contributed by atoms with Crippen LogP contribution in [0.4, 0.5) is 0 Å². The number of nitrogens with one attached hydrogen (secondary N) is 2. The number of hydrogen-bond acceptors (Lipinski definition) is 3. The Morgan fingerprint density at radius 3 is 2.59 bits per heavy atom. The first kappa shape index (κ1) is 18.8. The minimum Gasteiger partial charge on any atom is -0.497 e. The van der Waals surface area contributed by atoms with Gasteiger partial charge in [-0.15, -0.1) is 0 Å². The van der Waals surface area contributed by atoms with Crippen molar-refractivity contribution in [2.75, 3.05) is 7.11 Å². The van der Waals surface area contributed by atoms with Crippen molar-refractivity contribution in [3.63, 3.8) is 0 Å². The lowest BCUT2D eigenvalue weighted by atomic mass is 10.0. The quantitative estimate of drug-likeness (QED) is 0.542. The maximum absolute atomic E-state index is 13.1. The number of carbonyl (C=O) groups excluding carboxylic acids is 1. The molecule has 6 nitrogen and oxygen atoms in total. The average molecular weight is 388 g/mol. The zero-order valence-electron chi connectivity index (χ0n) is 17.0. The molecule has 0 aliphatic carbocycles. The van der Waals surface area contributed by atoms with E-state index < -0.39 is 0 Å². The molecule has 0 unspecified atom stereocenters. The van der Waals surface area contributed by atoms with E-state index in [9.17, 15) is 4.79 Å². The van der Waals surface area contributed by atoms with Gasteiger partial charge in [-0.25, -0.2) is 4.98 Å². The van der Waals surface area contributed by atoms with Crippen molar-refractivity contribution >= 4 is 16.8 Å². The molecule has 29 heavy (non-hydrogen) atoms. The third-order valence-electron chi connectivity index (χ3n) is 5.41. The highest BCUT2D eigenvalue weighted by molar-refractivity contribution is 5.99. The Labute approximate surface area is 169 Å². The zero-order valence-corrected chi connectivity index (χ0v) is 17.0. The zero-order chi connectivity index (χ0) is 20.5. The molecule has 1 amide bonds. The first-order valence-corrected chi connectivity index (χ1v) is 9.49. The van der Waals surface area contributed by atoms with Crippen LogP contribution in [0.5, 0.6) is 5.75 Å². The number of rotatable bonds is 5. The maximum atomic E-state index is 13.1. The van der Waals surface area contributed by atoms with Gasteiger partial charge in [0.15, 0.2) is 0 Å². The van der Waals surface area contributed by atoms with E-state index in [4.69, 9.17) is 4.74 Å². The van der Waals surface area contributed by atoms with Crippen molar-refractivity contribution in [2.45, 2.75) is 19.9 Å². The highest BCUT2D eigenvalue weighted by atomic mass is 16.5. The van der Waals surface area contributed by atoms with E-state index in [0.717, 1.165) is 39.3 Å². The van der Waals surface area contributed by atoms with E-state index in [-0.39, 0.29) is 11.9 Å². The molecule has 2 aromatic heterocycles. The van der Waals surface area contributed by atoms with E-state index >= 15 is 0 Å². The standard InChI is InChI=1S/C23H24N4O2/c1-14-15(2)25-20-10-7-17(13-19(14)20)23(28)26-21(22-24-11-12-27(22)3)16-5-8-18(29-4)9-6-16/h5-13,21,25H,1-4H3,(H,26,28)/t21-/m0/s1. The molecule has 0 radical (unpaired) electrons. The lowest BCUT2D eigenvalue weighted by Crippen LogP contribution is -2.31. The molecule has 4 aromatic rings. The number of imidazole rings is 1. The number of methoxy groups -OCH3 is 1. The Balaban J connectivity index is 1.69. The number of aromatic nitrogens is 3. The number of hydrogen-bond donors (Lipinski definition) is 2. The van der Waals surface area contributed by atoms with Crippen molar-refractivity contribution in [3.8, 4) is 5.75 Å². The minimum atomic E-state index is -0.377. The Hall–Kier alpha value is -3.54. The normalized spacial score (nSPS) is 12.1. The SMILES string of the molecule is COc1ccc([C@H](NC(=O)c2ccc3[nH]c(C)c(C)c3c2)c2nccn2C)cc1. The first-order chi connectivity index (χ1) is 14.0. The van der Waals surface area contributed by atoms with Crippen molar-refractivity contribution in [3.05, 3.63) is 83.1 Å². The molecule has 2 aromatic carbocycles. The van der Waals surface area contributed by atoms with Crippen LogP contribution in [0, 0.1) is 13.8 Å². The third kappa shape index (κ3) is 3.49. The number of nitrogens with zero attached hydrogens (tertiary/aromatic N) is 2. The van der Waals surface area contributed by atoms with Crippen molar-refractivity contribution in [2.24, 2.45) is 7.05 Å². The molecule has 0 fully saturated rings. The first-order valence-electron chi connectivity index (χ1n) is 9.49. The predicted molar refractivity (Wildman–Crippen MR) is 113 cm³/mol. The molecule has 0 saturated heterocycles. The lowest BCUT2D eigenvalue weighted by molar-refractivity contribution is 0.0941. The summed E-state index contributed by atoms with van der Waals surface area (Å²) in [6, 6.07) is 13.0. The average Bonchev–Trinajstić information content (AvgIpc) is 3.28. The van der Waals surface area contributed by atoms with Gasteiger partial charge in [-0.2, -0.15) is 0 Å². The van der Waals surface area contributed by atoms with Gasteiger partial charge < -0.3 is 19.6 Å². The molecule has 2 N–H and O–H groups in total. The largest absolute Gasteiger partial charge is 0.497 e. The van der Waals surface area contributed by atoms with Gasteiger partial charge in [0.25, 0.3) is 5.91 Å². The molecule has 0 aliphatic rings. The molecular formula is C23H24N4O2. The Bertz CT molecular complexity index is 1170. The summed E-state index contributed by atoms with van der Waals surface area (Å²) in [5.41, 5.74) is 4.86. The predicted octanol–water partition coefficient (Wildman–Crippen LogP) is 4.05. The van der Waals surface area contributed by atoms with Crippen LogP contribution in [0.2, 0.25) is 0 Å². The molecule has 1 atom stereocenters. The number of aromatic amines is 1. The third-order valence-corrected chi connectivity index (χ3v) is 5.41. The van der Waals surface area contributed by atoms with Gasteiger partial charge >= 0.3 is 0 Å². The molecule has 0 bridgehead atoms. The summed E-state index contributed by atoms with van der Waals surface area (Å²) in [4.78, 5) is 20.9. The number of ether oxygens (including phenoxy) is 1. The minimum absolute atomic E-state index is 0.144. The fourth-order valence-electron chi connectivity index (χ4n) is 3.57. The van der Waals surface area contributed by atoms with Crippen LogP contribution in [0.1, 0.15) is 39.0 Å². The molecule has 2 heterocycles. The second-order valence-corrected chi connectivity index (χ2v) is 7.21. The molecule has 0 spiro atoms. The topological polar surface area (TPSA) is 71.9 Å². The van der Waals surface area contributed by atoms with E-state index in [2.05, 4.69) is 22.2 Å². The Morgan fingerprint density at radius 1 is 1.17 bits per heavy atom. The van der Waals surface area contributed by atoms with E-state index in [1.165, 1.54) is 0 Å². The summed E-state index contributed by atoms with van der Waals surface area (Å²) >= 11 is 0. The van der Waals surface area contributed by atoms with E-state index in [0.29, 0.717) is 5.56 Å². The van der Waals surface area contributed by atoms with Crippen molar-refractivity contribution in [1.82, 2.24) is 19.9 Å². The van der Waals surface area contributed by atoms with Gasteiger partial charge in [0.1, 0.15) is 17.6 Å². The smallest absolute Gasteiger partial charge is 0.252 e. The summed E-state index contributed by atoms with van der Waals surface area (Å²) in [5, 5.41) is 4.21. The van der Waals surface area contributed by atoms with Crippen LogP contribution in [0.15, 0.2) is 54.9 Å². The second-order valence-electron chi connectivity index (χ2n) is 7.21. The number of H-pyrrole nitrogens is 1. The van der Waals surface area contributed by atoms with Crippen molar-refractivity contribution < 1.29 is 9.53 Å². The number of aryl methyl sites for hydroxylation is 3. The van der Waals surface area contributed by atoms with Gasteiger partial charge in [0.05, 0.1) is 7.11 Å². The summed E-state index contributed by atoms with van der Waals surface area (Å²) in [6.07, 6.45) is 3.60. The fraction of sp³-hybridized carbons (Fsp3) is 0.217. The fourth-order valence-corrected chi connectivity index (χ4v) is 3.57. The molecule has 0 aliphatic heterocycles. The van der Waals surface area contributed by atoms with Gasteiger partial charge in [-0.05, 0) is 55.3 Å². The Kier molecular flexibility index (Phi) is 4.84. The van der Waals surface area contributed by atoms with Crippen LogP contribution >= 0.6 is 0 Å². The number of benzene rings is 2. The number of amides is 1. The lowest BCUT2D eigenvalue weighted by Gasteiger charge is -2.19. The van der Waals surface area contributed by atoms with E-state index in [1.807, 2.05) is 67.2 Å². The summed E-state index contributed by atoms with van der Waals surface area (Å²) in [7, 11) is 3.55. The monoisotopic (exact) mass is 388 g/mol. The number of fused-ring (bicyclic) bond motifs is 1. The Morgan fingerprint density at radius 2 is 1.93 bits per heavy atom. The van der Waals surface area contributed by atoms with Gasteiger partial charge in [0.2, 0.25) is 0 Å². The molecule has 6 heteroatoms.